The largest absolute Gasteiger partial charge is 0.460 e. The van der Waals surface area contributed by atoms with Gasteiger partial charge in [0.15, 0.2) is 14.4 Å². The normalized spacial score (nSPS) is 17.4. The van der Waals surface area contributed by atoms with Gasteiger partial charge in [0.05, 0.1) is 12.6 Å². The number of cyclic esters (lactones) is 1. The van der Waals surface area contributed by atoms with Gasteiger partial charge in [0.25, 0.3) is 0 Å². The molecule has 1 N–H and O–H groups in total. The van der Waals surface area contributed by atoms with Crippen LogP contribution in [0.4, 0.5) is 4.79 Å². The molecule has 0 aromatic heterocycles. The van der Waals surface area contributed by atoms with Gasteiger partial charge >= 0.3 is 12.1 Å². The Morgan fingerprint density at radius 2 is 1.58 bits per heavy atom. The molecular weight excluding hydrogens is 653 g/mol. The van der Waals surface area contributed by atoms with Gasteiger partial charge in [-0.3, -0.25) is 19.9 Å². The average molecular weight is 701 g/mol. The second-order valence-corrected chi connectivity index (χ2v) is 18.8. The fourth-order valence-electron chi connectivity index (χ4n) is 5.72. The monoisotopic (exact) mass is 700 g/mol. The number of esters is 1. The first-order chi connectivity index (χ1) is 23.8. The summed E-state index contributed by atoms with van der Waals surface area (Å²) in [4.78, 5) is 44.9. The summed E-state index contributed by atoms with van der Waals surface area (Å²) in [5.41, 5.74) is 14.5. The van der Waals surface area contributed by atoms with Crippen molar-refractivity contribution in [2.24, 2.45) is 5.11 Å². The van der Waals surface area contributed by atoms with Crippen molar-refractivity contribution in [1.29, 1.82) is 0 Å². The molecule has 0 saturated carbocycles. The lowest BCUT2D eigenvalue weighted by molar-refractivity contribution is -0.147. The lowest BCUT2D eigenvalue weighted by Gasteiger charge is -2.41. The Labute approximate surface area is 295 Å². The number of carbonyl (C=O) groups is 3. The maximum atomic E-state index is 13.9. The number of amides is 2. The van der Waals surface area contributed by atoms with Gasteiger partial charge in [-0.1, -0.05) is 117 Å². The minimum absolute atomic E-state index is 0.0231. The molecule has 3 aromatic carbocycles. The second kappa shape index (κ2) is 17.3. The van der Waals surface area contributed by atoms with Crippen LogP contribution in [0, 0.1) is 0 Å². The van der Waals surface area contributed by atoms with Crippen LogP contribution >= 0.6 is 0 Å². The standard InChI is InChI=1S/C37H48N6O6Si/c1-37(2,3)50(5,6)49-31(24-39-41-38)22-30(23-32(44)40-42(4)25-33(45)47-26-27-16-10-7-11-17-27)43-34(28-18-12-8-13-19-28)35(48-36(43)46)29-20-14-9-15-21-29/h7-21,30-31,34-35H,22-26H2,1-6H3,(H,40,44)/t30-,31-,34+,35-/m1/s1. The predicted octanol–water partition coefficient (Wildman–Crippen LogP) is 7.48. The lowest BCUT2D eigenvalue weighted by atomic mass is 9.92. The molecule has 12 nitrogen and oxygen atoms in total. The van der Waals surface area contributed by atoms with Crippen LogP contribution in [0.15, 0.2) is 96.1 Å². The topological polar surface area (TPSA) is 146 Å². The van der Waals surface area contributed by atoms with Crippen molar-refractivity contribution in [3.63, 3.8) is 0 Å². The van der Waals surface area contributed by atoms with Gasteiger partial charge in [0, 0.05) is 24.4 Å². The van der Waals surface area contributed by atoms with Crippen LogP contribution in [0.1, 0.15) is 62.4 Å². The van der Waals surface area contributed by atoms with Crippen molar-refractivity contribution < 1.29 is 28.3 Å². The summed E-state index contributed by atoms with van der Waals surface area (Å²) < 4.78 is 18.2. The third kappa shape index (κ3) is 10.4. The van der Waals surface area contributed by atoms with Crippen molar-refractivity contribution in [2.75, 3.05) is 20.1 Å². The Morgan fingerprint density at radius 3 is 2.16 bits per heavy atom. The fourth-order valence-corrected chi connectivity index (χ4v) is 7.07. The molecule has 2 amide bonds. The number of likely N-dealkylation sites (N-methyl/N-ethyl adjacent to an activating group) is 1. The number of rotatable bonds is 16. The number of hydrogen-bond donors (Lipinski definition) is 1. The Kier molecular flexibility index (Phi) is 13.2. The van der Waals surface area contributed by atoms with E-state index in [2.05, 4.69) is 49.3 Å². The molecule has 4 atom stereocenters. The first kappa shape index (κ1) is 38.1. The van der Waals surface area contributed by atoms with E-state index >= 15 is 0 Å². The SMILES string of the molecule is CN(CC(=O)OCc1ccccc1)NC(=O)C[C@@H](C[C@H](CN=[N+]=[N-])O[Si](C)(C)C(C)(C)C)N1C(=O)O[C@H](c2ccccc2)[C@@H]1c1ccccc1. The summed E-state index contributed by atoms with van der Waals surface area (Å²) >= 11 is 0. The van der Waals surface area contributed by atoms with Gasteiger partial charge < -0.3 is 13.9 Å². The molecule has 1 heterocycles. The van der Waals surface area contributed by atoms with E-state index < -0.39 is 50.6 Å². The van der Waals surface area contributed by atoms with Crippen molar-refractivity contribution in [1.82, 2.24) is 15.3 Å². The van der Waals surface area contributed by atoms with Gasteiger partial charge in [-0.2, -0.15) is 0 Å². The van der Waals surface area contributed by atoms with E-state index in [0.717, 1.165) is 16.7 Å². The molecule has 50 heavy (non-hydrogen) atoms. The molecule has 0 aliphatic carbocycles. The van der Waals surface area contributed by atoms with Crippen LogP contribution in [0.25, 0.3) is 10.4 Å². The van der Waals surface area contributed by atoms with Gasteiger partial charge in [-0.15, -0.1) is 0 Å². The summed E-state index contributed by atoms with van der Waals surface area (Å²) in [6.45, 7) is 10.5. The van der Waals surface area contributed by atoms with Crippen molar-refractivity contribution in [2.45, 2.75) is 82.6 Å². The molecule has 0 radical (unpaired) electrons. The molecular formula is C37H48N6O6Si. The lowest BCUT2D eigenvalue weighted by Crippen LogP contribution is -2.50. The van der Waals surface area contributed by atoms with Crippen molar-refractivity contribution in [3.8, 4) is 0 Å². The summed E-state index contributed by atoms with van der Waals surface area (Å²) in [5.74, 6) is -0.936. The molecule has 266 valence electrons. The van der Waals surface area contributed by atoms with Crippen LogP contribution in [0.2, 0.25) is 18.1 Å². The van der Waals surface area contributed by atoms with Crippen molar-refractivity contribution in [3.05, 3.63) is 118 Å². The Bertz CT molecular complexity index is 1620. The minimum Gasteiger partial charge on any atom is -0.460 e. The minimum atomic E-state index is -2.38. The number of azide groups is 1. The quantitative estimate of drug-likeness (QED) is 0.0407. The van der Waals surface area contributed by atoms with E-state index in [4.69, 9.17) is 13.9 Å². The summed E-state index contributed by atoms with van der Waals surface area (Å²) in [6, 6.07) is 27.1. The molecule has 0 unspecified atom stereocenters. The molecule has 1 fully saturated rings. The van der Waals surface area contributed by atoms with E-state index in [1.54, 1.807) is 11.9 Å². The summed E-state index contributed by atoms with van der Waals surface area (Å²) in [6.07, 6.45) is -1.75. The molecule has 13 heteroatoms. The molecule has 1 saturated heterocycles. The number of ether oxygens (including phenoxy) is 2. The highest BCUT2D eigenvalue weighted by atomic mass is 28.4. The molecule has 1 aliphatic heterocycles. The van der Waals surface area contributed by atoms with Crippen LogP contribution in [0.3, 0.4) is 0 Å². The second-order valence-electron chi connectivity index (χ2n) is 14.0. The van der Waals surface area contributed by atoms with Gasteiger partial charge in [-0.05, 0) is 46.8 Å². The molecule has 3 aromatic rings. The molecule has 0 bridgehead atoms. The van der Waals surface area contributed by atoms with Crippen LogP contribution < -0.4 is 5.43 Å². The van der Waals surface area contributed by atoms with E-state index in [-0.39, 0.29) is 37.6 Å². The Morgan fingerprint density at radius 1 is 1.00 bits per heavy atom. The first-order valence-corrected chi connectivity index (χ1v) is 19.7. The number of hydrogen-bond acceptors (Lipinski definition) is 8. The van der Waals surface area contributed by atoms with E-state index in [0.29, 0.717) is 0 Å². The maximum absolute atomic E-state index is 13.9. The highest BCUT2D eigenvalue weighted by molar-refractivity contribution is 6.74. The zero-order valence-electron chi connectivity index (χ0n) is 29.7. The molecule has 0 spiro atoms. The van der Waals surface area contributed by atoms with E-state index in [1.165, 1.54) is 5.01 Å². The average Bonchev–Trinajstić information content (AvgIpc) is 3.43. The summed E-state index contributed by atoms with van der Waals surface area (Å²) in [7, 11) is -0.810. The van der Waals surface area contributed by atoms with E-state index in [9.17, 15) is 19.9 Å². The van der Waals surface area contributed by atoms with Gasteiger partial charge in [0.2, 0.25) is 5.91 Å². The number of carbonyl (C=O) groups excluding carboxylic acids is 3. The smallest absolute Gasteiger partial charge is 0.411 e. The molecule has 4 rings (SSSR count). The predicted molar refractivity (Wildman–Crippen MR) is 193 cm³/mol. The zero-order chi connectivity index (χ0) is 36.3. The number of nitrogens with one attached hydrogen (secondary N) is 1. The highest BCUT2D eigenvalue weighted by Gasteiger charge is 2.48. The highest BCUT2D eigenvalue weighted by Crippen LogP contribution is 2.45. The number of hydrazine groups is 1. The summed E-state index contributed by atoms with van der Waals surface area (Å²) in [5, 5.41) is 5.07. The number of nitrogens with zero attached hydrogens (tertiary/aromatic N) is 5. The van der Waals surface area contributed by atoms with Gasteiger partial charge in [-0.25, -0.2) is 9.80 Å². The first-order valence-electron chi connectivity index (χ1n) is 16.8. The maximum Gasteiger partial charge on any atom is 0.411 e. The fraction of sp³-hybridized carbons (Fsp3) is 0.432. The van der Waals surface area contributed by atoms with Crippen LogP contribution in [-0.2, 0) is 30.1 Å². The zero-order valence-corrected chi connectivity index (χ0v) is 30.7. The third-order valence-electron chi connectivity index (χ3n) is 9.18. The Hall–Kier alpha value is -4.68. The molecule has 1 aliphatic rings. The van der Waals surface area contributed by atoms with Gasteiger partial charge in [0.1, 0.15) is 19.2 Å². The third-order valence-corrected chi connectivity index (χ3v) is 13.7. The Balaban J connectivity index is 1.62. The van der Waals surface area contributed by atoms with Crippen LogP contribution in [0.5, 0.6) is 0 Å². The van der Waals surface area contributed by atoms with Crippen LogP contribution in [-0.4, -0.2) is 68.5 Å². The van der Waals surface area contributed by atoms with E-state index in [1.807, 2.05) is 91.0 Å². The number of benzene rings is 3. The van der Waals surface area contributed by atoms with Crippen molar-refractivity contribution >= 4 is 26.3 Å².